The third-order valence-corrected chi connectivity index (χ3v) is 5.36. The van der Waals surface area contributed by atoms with Crippen LogP contribution in [0, 0.1) is 5.92 Å². The van der Waals surface area contributed by atoms with Crippen LogP contribution < -0.4 is 10.1 Å². The molecule has 0 aliphatic carbocycles. The minimum atomic E-state index is -0.800. The fourth-order valence-electron chi connectivity index (χ4n) is 3.61. The topological polar surface area (TPSA) is 75.6 Å². The second-order valence-corrected chi connectivity index (χ2v) is 7.39. The first-order valence-electron chi connectivity index (χ1n) is 10.3. The van der Waals surface area contributed by atoms with Gasteiger partial charge in [-0.3, -0.25) is 9.59 Å². The number of hydrogen-bond donors (Lipinski definition) is 2. The summed E-state index contributed by atoms with van der Waals surface area (Å²) in [5.41, 5.74) is 4.16. The Kier molecular flexibility index (Phi) is 7.44. The minimum absolute atomic E-state index is 0.177. The van der Waals surface area contributed by atoms with Crippen LogP contribution in [0.15, 0.2) is 72.8 Å². The predicted molar refractivity (Wildman–Crippen MR) is 121 cm³/mol. The first-order valence-corrected chi connectivity index (χ1v) is 10.3. The molecule has 3 aromatic carbocycles. The van der Waals surface area contributed by atoms with Crippen LogP contribution in [0.3, 0.4) is 0 Å². The first kappa shape index (κ1) is 22.1. The maximum absolute atomic E-state index is 13.0. The van der Waals surface area contributed by atoms with Crippen molar-refractivity contribution in [1.82, 2.24) is 5.32 Å². The van der Waals surface area contributed by atoms with E-state index < -0.39 is 11.9 Å². The molecule has 3 aromatic rings. The Hall–Kier alpha value is -3.60. The molecule has 0 aliphatic heterocycles. The molecule has 0 spiro atoms. The van der Waals surface area contributed by atoms with Crippen molar-refractivity contribution in [3.63, 3.8) is 0 Å². The number of nitrogens with one attached hydrogen (secondary N) is 1. The molecule has 0 heterocycles. The maximum Gasteiger partial charge on any atom is 0.306 e. The zero-order chi connectivity index (χ0) is 22.2. The van der Waals surface area contributed by atoms with E-state index in [0.717, 1.165) is 22.3 Å². The molecule has 1 amide bonds. The number of ether oxygens (including phenoxy) is 1. The molecule has 5 heteroatoms. The molecule has 0 aliphatic rings. The van der Waals surface area contributed by atoms with Crippen LogP contribution in [-0.4, -0.2) is 24.1 Å². The monoisotopic (exact) mass is 417 g/mol. The van der Waals surface area contributed by atoms with Gasteiger partial charge in [0.1, 0.15) is 5.75 Å². The summed E-state index contributed by atoms with van der Waals surface area (Å²) in [5, 5.41) is 12.3. The van der Waals surface area contributed by atoms with E-state index >= 15 is 0 Å². The molecule has 2 N–H and O–H groups in total. The first-order chi connectivity index (χ1) is 15.0. The number of carbonyl (C=O) groups is 2. The Bertz CT molecular complexity index is 1050. The highest BCUT2D eigenvalue weighted by atomic mass is 16.5. The third-order valence-electron chi connectivity index (χ3n) is 5.36. The molecular formula is C26H27NO4. The quantitative estimate of drug-likeness (QED) is 0.517. The normalized spacial score (nSPS) is 11.5. The van der Waals surface area contributed by atoms with Gasteiger partial charge in [0.05, 0.1) is 13.0 Å². The summed E-state index contributed by atoms with van der Waals surface area (Å²) < 4.78 is 5.44. The Morgan fingerprint density at radius 1 is 1.00 bits per heavy atom. The molecule has 31 heavy (non-hydrogen) atoms. The van der Waals surface area contributed by atoms with Crippen LogP contribution in [-0.2, 0) is 17.8 Å². The number of hydrogen-bond acceptors (Lipinski definition) is 3. The summed E-state index contributed by atoms with van der Waals surface area (Å²) in [6.07, 6.45) is 0.997. The fraction of sp³-hybridized carbons (Fsp3) is 0.231. The van der Waals surface area contributed by atoms with Crippen molar-refractivity contribution in [2.45, 2.75) is 26.3 Å². The maximum atomic E-state index is 13.0. The van der Waals surface area contributed by atoms with E-state index in [-0.39, 0.29) is 12.5 Å². The van der Waals surface area contributed by atoms with E-state index in [1.165, 1.54) is 0 Å². The summed E-state index contributed by atoms with van der Waals surface area (Å²) in [4.78, 5) is 24.4. The zero-order valence-electron chi connectivity index (χ0n) is 17.8. The Morgan fingerprint density at radius 3 is 2.39 bits per heavy atom. The van der Waals surface area contributed by atoms with Crippen molar-refractivity contribution in [3.05, 3.63) is 89.5 Å². The molecule has 0 bridgehead atoms. The van der Waals surface area contributed by atoms with E-state index in [4.69, 9.17) is 4.74 Å². The van der Waals surface area contributed by atoms with Crippen LogP contribution in [0.4, 0.5) is 0 Å². The van der Waals surface area contributed by atoms with Gasteiger partial charge in [-0.25, -0.2) is 0 Å². The van der Waals surface area contributed by atoms with Crippen molar-refractivity contribution in [2.75, 3.05) is 7.11 Å². The van der Waals surface area contributed by atoms with E-state index in [2.05, 4.69) is 5.32 Å². The van der Waals surface area contributed by atoms with Gasteiger partial charge < -0.3 is 15.2 Å². The summed E-state index contributed by atoms with van der Waals surface area (Å²) in [6, 6.07) is 22.9. The number of aliphatic carboxylic acids is 1. The molecule has 160 valence electrons. The molecular weight excluding hydrogens is 390 g/mol. The predicted octanol–water partition coefficient (Wildman–Crippen LogP) is 4.95. The van der Waals surface area contributed by atoms with Gasteiger partial charge in [0.15, 0.2) is 0 Å². The van der Waals surface area contributed by atoms with Crippen LogP contribution in [0.25, 0.3) is 11.1 Å². The number of rotatable bonds is 9. The Balaban J connectivity index is 1.79. The average molecular weight is 418 g/mol. The van der Waals surface area contributed by atoms with Crippen molar-refractivity contribution in [1.29, 1.82) is 0 Å². The lowest BCUT2D eigenvalue weighted by molar-refractivity contribution is -0.141. The molecule has 0 fully saturated rings. The van der Waals surface area contributed by atoms with Gasteiger partial charge >= 0.3 is 5.97 Å². The van der Waals surface area contributed by atoms with E-state index in [0.29, 0.717) is 24.2 Å². The second-order valence-electron chi connectivity index (χ2n) is 7.39. The molecule has 1 unspecified atom stereocenters. The molecule has 1 atom stereocenters. The van der Waals surface area contributed by atoms with E-state index in [1.807, 2.05) is 79.7 Å². The van der Waals surface area contributed by atoms with Gasteiger partial charge in [0.25, 0.3) is 5.91 Å². The van der Waals surface area contributed by atoms with Gasteiger partial charge in [-0.05, 0) is 41.7 Å². The summed E-state index contributed by atoms with van der Waals surface area (Å²) in [5.74, 6) is -0.757. The van der Waals surface area contributed by atoms with Crippen molar-refractivity contribution in [3.8, 4) is 16.9 Å². The summed E-state index contributed by atoms with van der Waals surface area (Å²) >= 11 is 0. The lowest BCUT2D eigenvalue weighted by atomic mass is 9.95. The SMILES string of the molecule is CCC(Cc1ccc(OC)c(CNC(=O)c2ccccc2-c2ccccc2)c1)C(=O)O. The summed E-state index contributed by atoms with van der Waals surface area (Å²) in [6.45, 7) is 2.15. The number of carboxylic acid groups (broad SMARTS) is 1. The van der Waals surface area contributed by atoms with Gasteiger partial charge in [0.2, 0.25) is 0 Å². The van der Waals surface area contributed by atoms with Gasteiger partial charge in [-0.1, -0.05) is 67.6 Å². The van der Waals surface area contributed by atoms with Gasteiger partial charge in [-0.15, -0.1) is 0 Å². The Labute approximate surface area is 182 Å². The van der Waals surface area contributed by atoms with E-state index in [9.17, 15) is 14.7 Å². The molecule has 3 rings (SSSR count). The number of amides is 1. The van der Waals surface area contributed by atoms with Crippen LogP contribution >= 0.6 is 0 Å². The highest BCUT2D eigenvalue weighted by Crippen LogP contribution is 2.25. The standard InChI is InChI=1S/C26H27NO4/c1-3-19(26(29)30)15-18-13-14-24(31-2)21(16-18)17-27-25(28)23-12-8-7-11-22(23)20-9-5-4-6-10-20/h4-14,16,19H,3,15,17H2,1-2H3,(H,27,28)(H,29,30). The molecule has 5 nitrogen and oxygen atoms in total. The average Bonchev–Trinajstić information content (AvgIpc) is 2.81. The minimum Gasteiger partial charge on any atom is -0.496 e. The molecule has 0 saturated carbocycles. The van der Waals surface area contributed by atoms with Crippen molar-refractivity contribution >= 4 is 11.9 Å². The Morgan fingerprint density at radius 2 is 1.71 bits per heavy atom. The lowest BCUT2D eigenvalue weighted by Gasteiger charge is -2.15. The van der Waals surface area contributed by atoms with Crippen LogP contribution in [0.5, 0.6) is 5.75 Å². The summed E-state index contributed by atoms with van der Waals surface area (Å²) in [7, 11) is 1.58. The molecule has 0 saturated heterocycles. The third kappa shape index (κ3) is 5.51. The lowest BCUT2D eigenvalue weighted by Crippen LogP contribution is -2.24. The van der Waals surface area contributed by atoms with E-state index in [1.54, 1.807) is 7.11 Å². The van der Waals surface area contributed by atoms with Crippen LogP contribution in [0.2, 0.25) is 0 Å². The number of methoxy groups -OCH3 is 1. The number of carbonyl (C=O) groups excluding carboxylic acids is 1. The van der Waals surface area contributed by atoms with Crippen molar-refractivity contribution in [2.24, 2.45) is 5.92 Å². The molecule has 0 radical (unpaired) electrons. The van der Waals surface area contributed by atoms with Gasteiger partial charge in [0, 0.05) is 17.7 Å². The zero-order valence-corrected chi connectivity index (χ0v) is 17.8. The highest BCUT2D eigenvalue weighted by Gasteiger charge is 2.17. The second kappa shape index (κ2) is 10.4. The number of carboxylic acids is 1. The molecule has 0 aromatic heterocycles. The highest BCUT2D eigenvalue weighted by molar-refractivity contribution is 6.00. The van der Waals surface area contributed by atoms with Crippen molar-refractivity contribution < 1.29 is 19.4 Å². The largest absolute Gasteiger partial charge is 0.496 e. The smallest absolute Gasteiger partial charge is 0.306 e. The van der Waals surface area contributed by atoms with Crippen LogP contribution in [0.1, 0.15) is 34.8 Å². The number of benzene rings is 3. The van der Waals surface area contributed by atoms with Gasteiger partial charge in [-0.2, -0.15) is 0 Å². The fourth-order valence-corrected chi connectivity index (χ4v) is 3.61.